The molecule has 1 aliphatic rings. The van der Waals surface area contributed by atoms with Crippen molar-refractivity contribution >= 4 is 5.97 Å². The Morgan fingerprint density at radius 3 is 2.77 bits per heavy atom. The van der Waals surface area contributed by atoms with Crippen molar-refractivity contribution in [3.63, 3.8) is 0 Å². The highest BCUT2D eigenvalue weighted by molar-refractivity contribution is 5.80. The van der Waals surface area contributed by atoms with Gasteiger partial charge in [-0.15, -0.1) is 0 Å². The van der Waals surface area contributed by atoms with Gasteiger partial charge in [0, 0.05) is 6.08 Å². The number of unbranched alkanes of at least 4 members (excludes halogenated alkanes) is 2. The van der Waals surface area contributed by atoms with Gasteiger partial charge in [-0.05, 0) is 12.5 Å². The second-order valence-corrected chi connectivity index (χ2v) is 3.48. The molecule has 1 N–H and O–H groups in total. The molecule has 3 heteroatoms. The first-order valence-electron chi connectivity index (χ1n) is 4.75. The van der Waals surface area contributed by atoms with Crippen LogP contribution in [0.15, 0.2) is 12.2 Å². The van der Waals surface area contributed by atoms with Gasteiger partial charge in [0.15, 0.2) is 0 Å². The van der Waals surface area contributed by atoms with Crippen LogP contribution in [0.1, 0.15) is 32.6 Å². The first kappa shape index (κ1) is 10.3. The molecule has 1 aliphatic heterocycles. The average Bonchev–Trinajstić information content (AvgIpc) is 2.83. The standard InChI is InChI=1S/C10H16O3/c1-2-3-4-6-10(8-13-10)7-5-9(11)12/h5,7H,2-4,6,8H2,1H3,(H,11,12)/b7-5+/t10-/m1/s1. The third kappa shape index (κ3) is 3.59. The number of epoxide rings is 1. The summed E-state index contributed by atoms with van der Waals surface area (Å²) in [6, 6.07) is 0. The molecule has 0 unspecified atom stereocenters. The van der Waals surface area contributed by atoms with Crippen LogP contribution in [-0.2, 0) is 9.53 Å². The number of hydrogen-bond donors (Lipinski definition) is 1. The van der Waals surface area contributed by atoms with Crippen molar-refractivity contribution in [3.05, 3.63) is 12.2 Å². The number of hydrogen-bond acceptors (Lipinski definition) is 2. The monoisotopic (exact) mass is 184 g/mol. The van der Waals surface area contributed by atoms with Crippen molar-refractivity contribution in [1.82, 2.24) is 0 Å². The molecule has 1 rings (SSSR count). The summed E-state index contributed by atoms with van der Waals surface area (Å²) in [6.07, 6.45) is 7.28. The minimum absolute atomic E-state index is 0.229. The van der Waals surface area contributed by atoms with E-state index < -0.39 is 5.97 Å². The van der Waals surface area contributed by atoms with Crippen LogP contribution in [-0.4, -0.2) is 23.3 Å². The molecule has 13 heavy (non-hydrogen) atoms. The van der Waals surface area contributed by atoms with Gasteiger partial charge >= 0.3 is 5.97 Å². The number of rotatable bonds is 6. The van der Waals surface area contributed by atoms with E-state index in [4.69, 9.17) is 9.84 Å². The highest BCUT2D eigenvalue weighted by atomic mass is 16.6. The third-order valence-corrected chi connectivity index (χ3v) is 2.25. The zero-order valence-corrected chi connectivity index (χ0v) is 7.95. The molecule has 0 spiro atoms. The van der Waals surface area contributed by atoms with E-state index in [1.165, 1.54) is 18.9 Å². The van der Waals surface area contributed by atoms with E-state index in [9.17, 15) is 4.79 Å². The Morgan fingerprint density at radius 1 is 1.62 bits per heavy atom. The molecule has 74 valence electrons. The first-order valence-corrected chi connectivity index (χ1v) is 4.75. The topological polar surface area (TPSA) is 49.8 Å². The highest BCUT2D eigenvalue weighted by Crippen LogP contribution is 2.34. The molecule has 0 radical (unpaired) electrons. The zero-order chi connectivity index (χ0) is 9.73. The normalized spacial score (nSPS) is 26.5. The lowest BCUT2D eigenvalue weighted by Gasteiger charge is -2.04. The Labute approximate surface area is 78.4 Å². The number of carboxylic acid groups (broad SMARTS) is 1. The minimum Gasteiger partial charge on any atom is -0.478 e. The molecular weight excluding hydrogens is 168 g/mol. The average molecular weight is 184 g/mol. The summed E-state index contributed by atoms with van der Waals surface area (Å²) in [5.74, 6) is -0.898. The van der Waals surface area contributed by atoms with Gasteiger partial charge in [0.25, 0.3) is 0 Å². The molecular formula is C10H16O3. The zero-order valence-electron chi connectivity index (χ0n) is 7.95. The summed E-state index contributed by atoms with van der Waals surface area (Å²) in [5, 5.41) is 8.43. The van der Waals surface area contributed by atoms with Gasteiger partial charge in [0.1, 0.15) is 5.60 Å². The second-order valence-electron chi connectivity index (χ2n) is 3.48. The van der Waals surface area contributed by atoms with Gasteiger partial charge in [0.05, 0.1) is 6.61 Å². The van der Waals surface area contributed by atoms with Crippen molar-refractivity contribution in [3.8, 4) is 0 Å². The lowest BCUT2D eigenvalue weighted by Crippen LogP contribution is -2.07. The van der Waals surface area contributed by atoms with Crippen LogP contribution in [0.5, 0.6) is 0 Å². The Bertz CT molecular complexity index is 204. The molecule has 0 bridgehead atoms. The summed E-state index contributed by atoms with van der Waals surface area (Å²) >= 11 is 0. The van der Waals surface area contributed by atoms with E-state index in [0.29, 0.717) is 6.61 Å². The predicted octanol–water partition coefficient (Wildman–Crippen LogP) is 1.98. The van der Waals surface area contributed by atoms with Crippen LogP contribution in [0.25, 0.3) is 0 Å². The van der Waals surface area contributed by atoms with E-state index >= 15 is 0 Å². The van der Waals surface area contributed by atoms with Crippen LogP contribution in [0, 0.1) is 0 Å². The molecule has 1 fully saturated rings. The van der Waals surface area contributed by atoms with Crippen LogP contribution in [0.2, 0.25) is 0 Å². The maximum Gasteiger partial charge on any atom is 0.328 e. The molecule has 1 heterocycles. The van der Waals surface area contributed by atoms with Crippen molar-refractivity contribution in [2.75, 3.05) is 6.61 Å². The Kier molecular flexibility index (Phi) is 3.48. The second kappa shape index (κ2) is 4.42. The quantitative estimate of drug-likeness (QED) is 0.390. The Morgan fingerprint density at radius 2 is 2.31 bits per heavy atom. The maximum absolute atomic E-state index is 10.3. The number of ether oxygens (including phenoxy) is 1. The van der Waals surface area contributed by atoms with Crippen molar-refractivity contribution in [2.24, 2.45) is 0 Å². The molecule has 0 aromatic rings. The lowest BCUT2D eigenvalue weighted by atomic mass is 10.0. The van der Waals surface area contributed by atoms with Crippen LogP contribution < -0.4 is 0 Å². The summed E-state index contributed by atoms with van der Waals surface area (Å²) in [6.45, 7) is 2.83. The van der Waals surface area contributed by atoms with Crippen molar-refractivity contribution in [2.45, 2.75) is 38.2 Å². The molecule has 1 saturated heterocycles. The predicted molar refractivity (Wildman–Crippen MR) is 49.6 cm³/mol. The largest absolute Gasteiger partial charge is 0.478 e. The van der Waals surface area contributed by atoms with Gasteiger partial charge in [-0.1, -0.05) is 26.2 Å². The maximum atomic E-state index is 10.3. The molecule has 1 atom stereocenters. The fourth-order valence-electron chi connectivity index (χ4n) is 1.31. The molecule has 3 nitrogen and oxygen atoms in total. The van der Waals surface area contributed by atoms with Gasteiger partial charge in [-0.25, -0.2) is 4.79 Å². The molecule has 0 amide bonds. The number of carboxylic acids is 1. The van der Waals surface area contributed by atoms with Gasteiger partial charge in [0.2, 0.25) is 0 Å². The SMILES string of the molecule is CCCCC[C@@]1(/C=C/C(=O)O)CO1. The van der Waals surface area contributed by atoms with Crippen LogP contribution in [0.4, 0.5) is 0 Å². The number of aliphatic carboxylic acids is 1. The summed E-state index contributed by atoms with van der Waals surface area (Å²) in [4.78, 5) is 10.3. The smallest absolute Gasteiger partial charge is 0.328 e. The fourth-order valence-corrected chi connectivity index (χ4v) is 1.31. The van der Waals surface area contributed by atoms with Crippen LogP contribution >= 0.6 is 0 Å². The fraction of sp³-hybridized carbons (Fsp3) is 0.700. The minimum atomic E-state index is -0.898. The van der Waals surface area contributed by atoms with Crippen molar-refractivity contribution < 1.29 is 14.6 Å². The van der Waals surface area contributed by atoms with E-state index in [1.807, 2.05) is 0 Å². The Balaban J connectivity index is 2.26. The lowest BCUT2D eigenvalue weighted by molar-refractivity contribution is -0.131. The molecule has 0 aromatic carbocycles. The van der Waals surface area contributed by atoms with E-state index in [1.54, 1.807) is 6.08 Å². The van der Waals surface area contributed by atoms with E-state index in [-0.39, 0.29) is 5.60 Å². The van der Waals surface area contributed by atoms with E-state index in [0.717, 1.165) is 12.8 Å². The van der Waals surface area contributed by atoms with Gasteiger partial charge < -0.3 is 9.84 Å². The third-order valence-electron chi connectivity index (χ3n) is 2.25. The summed E-state index contributed by atoms with van der Waals surface area (Å²) in [7, 11) is 0. The van der Waals surface area contributed by atoms with Gasteiger partial charge in [-0.3, -0.25) is 0 Å². The Hall–Kier alpha value is -0.830. The number of carbonyl (C=O) groups is 1. The van der Waals surface area contributed by atoms with Crippen molar-refractivity contribution in [1.29, 1.82) is 0 Å². The molecule has 0 aromatic heterocycles. The van der Waals surface area contributed by atoms with E-state index in [2.05, 4.69) is 6.92 Å². The summed E-state index contributed by atoms with van der Waals surface area (Å²) < 4.78 is 5.24. The van der Waals surface area contributed by atoms with Crippen LogP contribution in [0.3, 0.4) is 0 Å². The molecule has 0 saturated carbocycles. The highest BCUT2D eigenvalue weighted by Gasteiger charge is 2.41. The molecule has 0 aliphatic carbocycles. The first-order chi connectivity index (χ1) is 6.18. The van der Waals surface area contributed by atoms with Gasteiger partial charge in [-0.2, -0.15) is 0 Å². The summed E-state index contributed by atoms with van der Waals surface area (Å²) in [5.41, 5.74) is -0.229.